The summed E-state index contributed by atoms with van der Waals surface area (Å²) in [6, 6.07) is 0. The molecule has 1 aliphatic rings. The lowest BCUT2D eigenvalue weighted by atomic mass is 9.80. The van der Waals surface area contributed by atoms with Crippen LogP contribution >= 0.6 is 0 Å². The van der Waals surface area contributed by atoms with E-state index in [0.29, 0.717) is 5.92 Å². The van der Waals surface area contributed by atoms with Gasteiger partial charge in [-0.1, -0.05) is 19.8 Å². The van der Waals surface area contributed by atoms with Crippen molar-refractivity contribution in [2.75, 3.05) is 0 Å². The van der Waals surface area contributed by atoms with Crippen molar-refractivity contribution in [2.24, 2.45) is 17.7 Å². The first-order valence-corrected chi connectivity index (χ1v) is 4.26. The molecule has 1 amide bonds. The fourth-order valence-corrected chi connectivity index (χ4v) is 1.81. The largest absolute Gasteiger partial charge is 0.294 e. The highest BCUT2D eigenvalue weighted by atomic mass is 16.2. The van der Waals surface area contributed by atoms with Crippen molar-refractivity contribution in [1.29, 1.82) is 0 Å². The molecular weight excluding hydrogens is 140 g/mol. The zero-order chi connectivity index (χ0) is 8.27. The quantitative estimate of drug-likeness (QED) is 0.335. The molecule has 0 radical (unpaired) electrons. The van der Waals surface area contributed by atoms with Gasteiger partial charge in [0.05, 0.1) is 0 Å². The van der Waals surface area contributed by atoms with Crippen molar-refractivity contribution in [3.05, 3.63) is 0 Å². The van der Waals surface area contributed by atoms with Gasteiger partial charge in [0.15, 0.2) is 0 Å². The molecule has 3 N–H and O–H groups in total. The minimum Gasteiger partial charge on any atom is -0.294 e. The van der Waals surface area contributed by atoms with Crippen LogP contribution in [0.15, 0.2) is 0 Å². The molecule has 0 aromatic carbocycles. The molecule has 64 valence electrons. The summed E-state index contributed by atoms with van der Waals surface area (Å²) >= 11 is 0. The molecule has 0 heterocycles. The average molecular weight is 156 g/mol. The molecule has 0 saturated heterocycles. The fourth-order valence-electron chi connectivity index (χ4n) is 1.81. The van der Waals surface area contributed by atoms with Gasteiger partial charge in [0.1, 0.15) is 0 Å². The van der Waals surface area contributed by atoms with E-state index in [1.165, 1.54) is 12.8 Å². The van der Waals surface area contributed by atoms with Crippen molar-refractivity contribution >= 4 is 5.91 Å². The Morgan fingerprint density at radius 1 is 1.45 bits per heavy atom. The molecule has 1 fully saturated rings. The molecule has 3 nitrogen and oxygen atoms in total. The summed E-state index contributed by atoms with van der Waals surface area (Å²) < 4.78 is 0. The van der Waals surface area contributed by atoms with Gasteiger partial charge in [-0.2, -0.15) is 0 Å². The highest BCUT2D eigenvalue weighted by Gasteiger charge is 2.26. The van der Waals surface area contributed by atoms with Crippen LogP contribution in [0.4, 0.5) is 0 Å². The molecular formula is C8H16N2O. The van der Waals surface area contributed by atoms with Crippen LogP contribution in [0.3, 0.4) is 0 Å². The van der Waals surface area contributed by atoms with Crippen molar-refractivity contribution in [3.63, 3.8) is 0 Å². The van der Waals surface area contributed by atoms with E-state index in [0.717, 1.165) is 12.8 Å². The zero-order valence-electron chi connectivity index (χ0n) is 6.97. The number of nitrogens with one attached hydrogen (secondary N) is 1. The van der Waals surface area contributed by atoms with Crippen LogP contribution in [-0.2, 0) is 4.79 Å². The second-order valence-corrected chi connectivity index (χ2v) is 3.38. The first-order valence-electron chi connectivity index (χ1n) is 4.26. The van der Waals surface area contributed by atoms with Crippen molar-refractivity contribution in [2.45, 2.75) is 32.6 Å². The molecule has 1 saturated carbocycles. The molecule has 0 aromatic rings. The number of rotatable bonds is 1. The third-order valence-electron chi connectivity index (χ3n) is 2.59. The Bertz CT molecular complexity index is 147. The highest BCUT2D eigenvalue weighted by molar-refractivity contribution is 5.78. The summed E-state index contributed by atoms with van der Waals surface area (Å²) in [4.78, 5) is 11.1. The summed E-state index contributed by atoms with van der Waals surface area (Å²) in [5.74, 6) is 5.74. The predicted octanol–water partition coefficient (Wildman–Crippen LogP) is 0.803. The smallest absolute Gasteiger partial charge is 0.237 e. The minimum atomic E-state index is 0.0113. The molecule has 1 rings (SSSR count). The Kier molecular flexibility index (Phi) is 2.88. The molecule has 0 spiro atoms. The molecule has 11 heavy (non-hydrogen) atoms. The minimum absolute atomic E-state index is 0.0113. The van der Waals surface area contributed by atoms with Crippen LogP contribution in [0.2, 0.25) is 0 Å². The summed E-state index contributed by atoms with van der Waals surface area (Å²) in [6.07, 6.45) is 4.60. The van der Waals surface area contributed by atoms with E-state index in [1.807, 2.05) is 0 Å². The van der Waals surface area contributed by atoms with Gasteiger partial charge in [-0.25, -0.2) is 5.84 Å². The van der Waals surface area contributed by atoms with E-state index in [-0.39, 0.29) is 11.8 Å². The first kappa shape index (κ1) is 8.53. The molecule has 3 heteroatoms. The Balaban J connectivity index is 2.47. The van der Waals surface area contributed by atoms with Crippen molar-refractivity contribution < 1.29 is 4.79 Å². The lowest BCUT2D eigenvalue weighted by molar-refractivity contribution is -0.127. The SMILES string of the molecule is C[C@@H]1CCCC[C@H]1C(=O)NN. The van der Waals surface area contributed by atoms with Gasteiger partial charge in [0, 0.05) is 5.92 Å². The lowest BCUT2D eigenvalue weighted by Crippen LogP contribution is -2.39. The van der Waals surface area contributed by atoms with Crippen LogP contribution in [-0.4, -0.2) is 5.91 Å². The number of carbonyl (C=O) groups is 1. The Morgan fingerprint density at radius 3 is 2.64 bits per heavy atom. The van der Waals surface area contributed by atoms with Gasteiger partial charge < -0.3 is 0 Å². The van der Waals surface area contributed by atoms with E-state index in [1.54, 1.807) is 0 Å². The van der Waals surface area contributed by atoms with E-state index in [9.17, 15) is 4.79 Å². The second-order valence-electron chi connectivity index (χ2n) is 3.38. The average Bonchev–Trinajstić information content (AvgIpc) is 2.04. The zero-order valence-corrected chi connectivity index (χ0v) is 6.97. The second kappa shape index (κ2) is 3.72. The van der Waals surface area contributed by atoms with Gasteiger partial charge in [0.25, 0.3) is 0 Å². The molecule has 2 atom stereocenters. The monoisotopic (exact) mass is 156 g/mol. The number of amides is 1. The van der Waals surface area contributed by atoms with E-state index < -0.39 is 0 Å². The predicted molar refractivity (Wildman–Crippen MR) is 43.5 cm³/mol. The number of hydrogen-bond donors (Lipinski definition) is 2. The normalized spacial score (nSPS) is 31.5. The van der Waals surface area contributed by atoms with Crippen LogP contribution in [0.25, 0.3) is 0 Å². The standard InChI is InChI=1S/C8H16N2O/c1-6-4-2-3-5-7(6)8(11)10-9/h6-7H,2-5,9H2,1H3,(H,10,11)/t6-,7-/m1/s1. The number of carbonyl (C=O) groups excluding carboxylic acids is 1. The van der Waals surface area contributed by atoms with Crippen LogP contribution in [0.5, 0.6) is 0 Å². The molecule has 0 aromatic heterocycles. The summed E-state index contributed by atoms with van der Waals surface area (Å²) in [7, 11) is 0. The van der Waals surface area contributed by atoms with Crippen LogP contribution in [0, 0.1) is 11.8 Å². The van der Waals surface area contributed by atoms with Crippen molar-refractivity contribution in [1.82, 2.24) is 5.43 Å². The summed E-state index contributed by atoms with van der Waals surface area (Å²) in [6.45, 7) is 2.12. The molecule has 0 bridgehead atoms. The van der Waals surface area contributed by atoms with Crippen LogP contribution < -0.4 is 11.3 Å². The highest BCUT2D eigenvalue weighted by Crippen LogP contribution is 2.29. The van der Waals surface area contributed by atoms with Gasteiger partial charge in [-0.05, 0) is 18.8 Å². The molecule has 1 aliphatic carbocycles. The third-order valence-corrected chi connectivity index (χ3v) is 2.59. The maximum Gasteiger partial charge on any atom is 0.237 e. The fraction of sp³-hybridized carbons (Fsp3) is 0.875. The first-order chi connectivity index (χ1) is 5.25. The van der Waals surface area contributed by atoms with Crippen LogP contribution in [0.1, 0.15) is 32.6 Å². The van der Waals surface area contributed by atoms with E-state index >= 15 is 0 Å². The Labute approximate surface area is 67.3 Å². The topological polar surface area (TPSA) is 55.1 Å². The van der Waals surface area contributed by atoms with Crippen molar-refractivity contribution in [3.8, 4) is 0 Å². The van der Waals surface area contributed by atoms with E-state index in [4.69, 9.17) is 5.84 Å². The Hall–Kier alpha value is -0.570. The molecule has 0 aliphatic heterocycles. The third kappa shape index (κ3) is 1.93. The summed E-state index contributed by atoms with van der Waals surface area (Å²) in [5, 5.41) is 0. The number of nitrogens with two attached hydrogens (primary N) is 1. The number of hydrazine groups is 1. The van der Waals surface area contributed by atoms with Gasteiger partial charge in [-0.15, -0.1) is 0 Å². The van der Waals surface area contributed by atoms with Gasteiger partial charge in [-0.3, -0.25) is 10.2 Å². The van der Waals surface area contributed by atoms with Gasteiger partial charge >= 0.3 is 0 Å². The van der Waals surface area contributed by atoms with E-state index in [2.05, 4.69) is 12.3 Å². The number of hydrogen-bond acceptors (Lipinski definition) is 2. The maximum atomic E-state index is 11.1. The lowest BCUT2D eigenvalue weighted by Gasteiger charge is -2.26. The van der Waals surface area contributed by atoms with Gasteiger partial charge in [0.2, 0.25) is 5.91 Å². The molecule has 0 unspecified atom stereocenters. The Morgan fingerprint density at radius 2 is 2.09 bits per heavy atom. The summed E-state index contributed by atoms with van der Waals surface area (Å²) in [5.41, 5.74) is 2.23. The maximum absolute atomic E-state index is 11.1.